The molecule has 1 saturated carbocycles. The lowest BCUT2D eigenvalue weighted by Gasteiger charge is -2.14. The molecule has 0 bridgehead atoms. The normalized spacial score (nSPS) is 52.0. The van der Waals surface area contributed by atoms with Crippen LogP contribution in [0.2, 0.25) is 0 Å². The third kappa shape index (κ3) is 1.11. The van der Waals surface area contributed by atoms with E-state index in [-0.39, 0.29) is 0 Å². The molecule has 0 saturated heterocycles. The third-order valence-corrected chi connectivity index (χ3v) is 3.05. The first kappa shape index (κ1) is 7.07. The molecule has 0 aromatic rings. The van der Waals surface area contributed by atoms with E-state index in [1.165, 1.54) is 6.42 Å². The molecular formula is C8H17N. The van der Waals surface area contributed by atoms with Gasteiger partial charge in [-0.3, -0.25) is 0 Å². The van der Waals surface area contributed by atoms with Gasteiger partial charge in [0.25, 0.3) is 0 Å². The molecule has 1 aliphatic carbocycles. The van der Waals surface area contributed by atoms with E-state index in [2.05, 4.69) is 20.8 Å². The topological polar surface area (TPSA) is 26.0 Å². The first-order valence-corrected chi connectivity index (χ1v) is 3.88. The van der Waals surface area contributed by atoms with E-state index in [9.17, 15) is 0 Å². The van der Waals surface area contributed by atoms with Gasteiger partial charge in [-0.05, 0) is 24.2 Å². The maximum Gasteiger partial charge on any atom is 0.00698 e. The minimum Gasteiger partial charge on any atom is -0.327 e. The highest BCUT2D eigenvalue weighted by Crippen LogP contribution is 2.34. The summed E-state index contributed by atoms with van der Waals surface area (Å²) in [5, 5.41) is 0. The summed E-state index contributed by atoms with van der Waals surface area (Å²) in [4.78, 5) is 0. The second kappa shape index (κ2) is 2.30. The van der Waals surface area contributed by atoms with Crippen molar-refractivity contribution in [1.29, 1.82) is 0 Å². The first-order chi connectivity index (χ1) is 4.13. The maximum absolute atomic E-state index is 5.86. The van der Waals surface area contributed by atoms with Gasteiger partial charge in [-0.1, -0.05) is 20.8 Å². The molecule has 1 heteroatoms. The average molecular weight is 127 g/mol. The zero-order chi connectivity index (χ0) is 7.02. The van der Waals surface area contributed by atoms with Crippen molar-refractivity contribution in [1.82, 2.24) is 0 Å². The summed E-state index contributed by atoms with van der Waals surface area (Å²) >= 11 is 0. The standard InChI is InChI=1S/C8H17N/c1-5-4-8(9)7(3)6(5)2/h5-8H,4,9H2,1-3H3. The van der Waals surface area contributed by atoms with Gasteiger partial charge in [0.15, 0.2) is 0 Å². The Morgan fingerprint density at radius 1 is 1.11 bits per heavy atom. The van der Waals surface area contributed by atoms with Crippen LogP contribution in [-0.4, -0.2) is 6.04 Å². The molecule has 54 valence electrons. The lowest BCUT2D eigenvalue weighted by atomic mass is 9.93. The monoisotopic (exact) mass is 127 g/mol. The highest BCUT2D eigenvalue weighted by molar-refractivity contribution is 4.86. The summed E-state index contributed by atoms with van der Waals surface area (Å²) in [5.74, 6) is 2.41. The van der Waals surface area contributed by atoms with E-state index >= 15 is 0 Å². The highest BCUT2D eigenvalue weighted by Gasteiger charge is 2.32. The maximum atomic E-state index is 5.86. The Hall–Kier alpha value is -0.0400. The summed E-state index contributed by atoms with van der Waals surface area (Å²) in [5.41, 5.74) is 5.86. The van der Waals surface area contributed by atoms with Crippen LogP contribution in [0.15, 0.2) is 0 Å². The molecule has 0 amide bonds. The van der Waals surface area contributed by atoms with Crippen LogP contribution in [0.25, 0.3) is 0 Å². The largest absolute Gasteiger partial charge is 0.327 e. The van der Waals surface area contributed by atoms with Crippen LogP contribution < -0.4 is 5.73 Å². The number of hydrogen-bond donors (Lipinski definition) is 1. The molecule has 4 unspecified atom stereocenters. The van der Waals surface area contributed by atoms with Crippen LogP contribution in [0, 0.1) is 17.8 Å². The Bertz CT molecular complexity index is 88.7. The fourth-order valence-electron chi connectivity index (χ4n) is 1.77. The van der Waals surface area contributed by atoms with Gasteiger partial charge in [0.2, 0.25) is 0 Å². The van der Waals surface area contributed by atoms with E-state index in [1.54, 1.807) is 0 Å². The fraction of sp³-hybridized carbons (Fsp3) is 1.00. The molecule has 0 aliphatic heterocycles. The van der Waals surface area contributed by atoms with Crippen molar-refractivity contribution in [2.45, 2.75) is 33.2 Å². The molecule has 2 N–H and O–H groups in total. The fourth-order valence-corrected chi connectivity index (χ4v) is 1.77. The SMILES string of the molecule is CC1CC(N)C(C)C1C. The van der Waals surface area contributed by atoms with Gasteiger partial charge < -0.3 is 5.73 Å². The Morgan fingerprint density at radius 3 is 1.78 bits per heavy atom. The third-order valence-electron chi connectivity index (χ3n) is 3.05. The highest BCUT2D eigenvalue weighted by atomic mass is 14.7. The molecule has 0 radical (unpaired) electrons. The van der Waals surface area contributed by atoms with Gasteiger partial charge in [0.05, 0.1) is 0 Å². The van der Waals surface area contributed by atoms with Crippen molar-refractivity contribution in [2.24, 2.45) is 23.5 Å². The zero-order valence-corrected chi connectivity index (χ0v) is 6.59. The van der Waals surface area contributed by atoms with Crippen molar-refractivity contribution < 1.29 is 0 Å². The number of rotatable bonds is 0. The lowest BCUT2D eigenvalue weighted by molar-refractivity contribution is 0.370. The quantitative estimate of drug-likeness (QED) is 0.526. The summed E-state index contributed by atoms with van der Waals surface area (Å²) in [6.07, 6.45) is 1.22. The molecule has 4 atom stereocenters. The molecule has 1 aliphatic rings. The van der Waals surface area contributed by atoms with Crippen molar-refractivity contribution in [3.63, 3.8) is 0 Å². The molecular weight excluding hydrogens is 110 g/mol. The smallest absolute Gasteiger partial charge is 0.00698 e. The van der Waals surface area contributed by atoms with Gasteiger partial charge in [-0.25, -0.2) is 0 Å². The molecule has 0 heterocycles. The average Bonchev–Trinajstić information content (AvgIpc) is 1.98. The van der Waals surface area contributed by atoms with Crippen molar-refractivity contribution in [3.8, 4) is 0 Å². The summed E-state index contributed by atoms with van der Waals surface area (Å²) in [6, 6.07) is 0.468. The molecule has 1 nitrogen and oxygen atoms in total. The molecule has 0 aromatic heterocycles. The van der Waals surface area contributed by atoms with Crippen molar-refractivity contribution in [3.05, 3.63) is 0 Å². The van der Waals surface area contributed by atoms with Crippen molar-refractivity contribution >= 4 is 0 Å². The Morgan fingerprint density at radius 2 is 1.67 bits per heavy atom. The van der Waals surface area contributed by atoms with Crippen LogP contribution >= 0.6 is 0 Å². The van der Waals surface area contributed by atoms with E-state index in [0.717, 1.165) is 17.8 Å². The summed E-state index contributed by atoms with van der Waals surface area (Å²) in [7, 11) is 0. The zero-order valence-electron chi connectivity index (χ0n) is 6.59. The Labute approximate surface area is 57.6 Å². The van der Waals surface area contributed by atoms with E-state index in [1.807, 2.05) is 0 Å². The Kier molecular flexibility index (Phi) is 1.80. The van der Waals surface area contributed by atoms with Gasteiger partial charge in [0, 0.05) is 6.04 Å². The molecule has 1 rings (SSSR count). The molecule has 0 spiro atoms. The van der Waals surface area contributed by atoms with Gasteiger partial charge in [-0.15, -0.1) is 0 Å². The van der Waals surface area contributed by atoms with Crippen molar-refractivity contribution in [2.75, 3.05) is 0 Å². The predicted octanol–water partition coefficient (Wildman–Crippen LogP) is 1.63. The van der Waals surface area contributed by atoms with Gasteiger partial charge in [-0.2, -0.15) is 0 Å². The summed E-state index contributed by atoms with van der Waals surface area (Å²) in [6.45, 7) is 6.87. The van der Waals surface area contributed by atoms with Crippen LogP contribution in [0.1, 0.15) is 27.2 Å². The van der Waals surface area contributed by atoms with Crippen LogP contribution in [0.5, 0.6) is 0 Å². The van der Waals surface area contributed by atoms with Crippen LogP contribution in [0.4, 0.5) is 0 Å². The minimum absolute atomic E-state index is 0.468. The second-order valence-corrected chi connectivity index (χ2v) is 3.60. The molecule has 1 fully saturated rings. The minimum atomic E-state index is 0.468. The van der Waals surface area contributed by atoms with E-state index in [0.29, 0.717) is 6.04 Å². The van der Waals surface area contributed by atoms with Gasteiger partial charge >= 0.3 is 0 Å². The lowest BCUT2D eigenvalue weighted by Crippen LogP contribution is -2.24. The predicted molar refractivity (Wildman–Crippen MR) is 40.1 cm³/mol. The molecule has 0 aromatic carbocycles. The van der Waals surface area contributed by atoms with E-state index in [4.69, 9.17) is 5.73 Å². The van der Waals surface area contributed by atoms with Crippen LogP contribution in [-0.2, 0) is 0 Å². The number of nitrogens with two attached hydrogens (primary N) is 1. The first-order valence-electron chi connectivity index (χ1n) is 3.88. The number of hydrogen-bond acceptors (Lipinski definition) is 1. The second-order valence-electron chi connectivity index (χ2n) is 3.60. The Balaban J connectivity index is 2.54. The van der Waals surface area contributed by atoms with Gasteiger partial charge in [0.1, 0.15) is 0 Å². The van der Waals surface area contributed by atoms with Crippen LogP contribution in [0.3, 0.4) is 0 Å². The molecule has 9 heavy (non-hydrogen) atoms. The summed E-state index contributed by atoms with van der Waals surface area (Å²) < 4.78 is 0. The van der Waals surface area contributed by atoms with E-state index < -0.39 is 0 Å².